The Hall–Kier alpha value is -8.43. The van der Waals surface area contributed by atoms with Crippen molar-refractivity contribution in [1.29, 1.82) is 5.26 Å². The number of amides is 1. The van der Waals surface area contributed by atoms with Crippen molar-refractivity contribution in [3.05, 3.63) is 211 Å². The number of nitrogen functional groups attached to an aromatic ring is 1. The lowest BCUT2D eigenvalue weighted by atomic mass is 9.98. The van der Waals surface area contributed by atoms with Gasteiger partial charge in [-0.1, -0.05) is 147 Å². The zero-order valence-electron chi connectivity index (χ0n) is 62.6. The number of pyridine rings is 5. The fraction of sp³-hybridized carbons (Fsp3) is 0.403. The summed E-state index contributed by atoms with van der Waals surface area (Å²) in [6, 6.07) is 21.6. The first-order valence-corrected chi connectivity index (χ1v) is 38.5. The van der Waals surface area contributed by atoms with E-state index in [0.29, 0.717) is 53.7 Å². The largest absolute Gasteiger partial charge is 0.399 e. The number of nitriles is 1. The van der Waals surface area contributed by atoms with E-state index in [1.165, 1.54) is 28.3 Å². The van der Waals surface area contributed by atoms with Gasteiger partial charge in [0, 0.05) is 129 Å². The number of rotatable bonds is 14. The maximum atomic E-state index is 10.4. The first-order valence-electron chi connectivity index (χ1n) is 35.3. The summed E-state index contributed by atoms with van der Waals surface area (Å²) in [6.45, 7) is 32.3. The van der Waals surface area contributed by atoms with Gasteiger partial charge in [-0.05, 0) is 123 Å². The number of aryl methyl sites for hydroxylation is 4. The highest BCUT2D eigenvalue weighted by molar-refractivity contribution is 9.11. The molecule has 0 spiro atoms. The van der Waals surface area contributed by atoms with Crippen LogP contribution in [0.5, 0.6) is 0 Å². The molecule has 0 radical (unpaired) electrons. The van der Waals surface area contributed by atoms with Gasteiger partial charge in [0.2, 0.25) is 6.41 Å². The minimum Gasteiger partial charge on any atom is -0.399 e. The molecule has 2 aliphatic heterocycles. The van der Waals surface area contributed by atoms with Crippen molar-refractivity contribution < 1.29 is 4.79 Å². The fourth-order valence-corrected chi connectivity index (χ4v) is 13.3. The lowest BCUT2D eigenvalue weighted by Crippen LogP contribution is -2.30. The van der Waals surface area contributed by atoms with Crippen LogP contribution in [0.2, 0.25) is 0 Å². The highest BCUT2D eigenvalue weighted by atomic mass is 79.9. The third-order valence-corrected chi connectivity index (χ3v) is 19.4. The molecule has 106 heavy (non-hydrogen) atoms. The van der Waals surface area contributed by atoms with Gasteiger partial charge in [0.1, 0.15) is 29.7 Å². The van der Waals surface area contributed by atoms with Crippen LogP contribution in [0.3, 0.4) is 0 Å². The Balaban J connectivity index is 0.000000181. The SMILES string of the molecule is CC(C)C(N)c1cc(Br)ccn1.CC(C)C(NC=O)c1cc(Br)ccn1.CC(C)c1ncn2c1CC(N)CC2.CC(C)c1ncn2ccc(Br)cc12.CC(C)c1ncn2ccc(N)cc12.CCn1c(-c2cnc(C)nc2)nc2c(NC3CCn4cnc(C(C)C)c4C3)ncnc21.Cl.N#Cc1cc(Br)ccn1. The molecule has 0 saturated carbocycles. The molecule has 0 aliphatic carbocycles. The molecule has 0 bridgehead atoms. The van der Waals surface area contributed by atoms with Crippen molar-refractivity contribution in [3.63, 3.8) is 0 Å². The van der Waals surface area contributed by atoms with Gasteiger partial charge in [0.05, 0.1) is 82.1 Å². The Morgan fingerprint density at radius 1 is 0.613 bits per heavy atom. The van der Waals surface area contributed by atoms with Crippen LogP contribution in [0.25, 0.3) is 33.6 Å². The van der Waals surface area contributed by atoms with Crippen LogP contribution in [-0.2, 0) is 37.3 Å². The normalized spacial score (nSPS) is 14.1. The number of nitrogens with one attached hydrogen (secondary N) is 2. The summed E-state index contributed by atoms with van der Waals surface area (Å²) < 4.78 is 14.6. The Morgan fingerprint density at radius 3 is 1.66 bits per heavy atom. The Morgan fingerprint density at radius 2 is 1.13 bits per heavy atom. The lowest BCUT2D eigenvalue weighted by Gasteiger charge is -2.26. The number of hydrogen-bond acceptors (Lipinski definition) is 18. The van der Waals surface area contributed by atoms with E-state index in [-0.39, 0.29) is 30.5 Å². The number of hydrogen-bond donors (Lipinski definition) is 5. The van der Waals surface area contributed by atoms with E-state index in [1.54, 1.807) is 37.1 Å². The number of imidazole rings is 5. The topological polar surface area (TPSA) is 321 Å². The van der Waals surface area contributed by atoms with E-state index in [4.69, 9.17) is 27.4 Å². The van der Waals surface area contributed by atoms with Crippen LogP contribution in [0, 0.1) is 30.1 Å². The summed E-state index contributed by atoms with van der Waals surface area (Å²) in [5, 5.41) is 14.7. The van der Waals surface area contributed by atoms with E-state index in [9.17, 15) is 4.79 Å². The molecule has 1 amide bonds. The third-order valence-electron chi connectivity index (χ3n) is 17.5. The van der Waals surface area contributed by atoms with Gasteiger partial charge in [-0.25, -0.2) is 49.8 Å². The summed E-state index contributed by atoms with van der Waals surface area (Å²) in [5.74, 6) is 4.91. The quantitative estimate of drug-likeness (QED) is 0.0632. The summed E-state index contributed by atoms with van der Waals surface area (Å²) in [7, 11) is 0. The Labute approximate surface area is 661 Å². The number of aromatic nitrogens is 17. The number of carbonyl (C=O) groups excluding carboxylic acids is 1. The number of fused-ring (bicyclic) bond motifs is 5. The van der Waals surface area contributed by atoms with Gasteiger partial charge < -0.3 is 50.3 Å². The molecule has 4 unspecified atom stereocenters. The second kappa shape index (κ2) is 40.5. The zero-order chi connectivity index (χ0) is 76.2. The van der Waals surface area contributed by atoms with Crippen LogP contribution in [0.15, 0.2) is 154 Å². The van der Waals surface area contributed by atoms with Gasteiger partial charge in [-0.15, -0.1) is 12.4 Å². The number of anilines is 2. The van der Waals surface area contributed by atoms with Gasteiger partial charge >= 0.3 is 0 Å². The molecule has 562 valence electrons. The predicted octanol–water partition coefficient (Wildman–Crippen LogP) is 16.8. The molecule has 2 aliphatic rings. The van der Waals surface area contributed by atoms with Crippen LogP contribution < -0.4 is 27.8 Å². The molecule has 0 aromatic carbocycles. The molecule has 24 nitrogen and oxygen atoms in total. The highest BCUT2D eigenvalue weighted by Crippen LogP contribution is 2.32. The monoisotopic (exact) mass is 1710 g/mol. The molecule has 14 heterocycles. The highest BCUT2D eigenvalue weighted by Gasteiger charge is 2.27. The van der Waals surface area contributed by atoms with Crippen molar-refractivity contribution in [2.24, 2.45) is 23.3 Å². The van der Waals surface area contributed by atoms with Crippen LogP contribution in [0.4, 0.5) is 11.5 Å². The van der Waals surface area contributed by atoms with Crippen molar-refractivity contribution in [2.75, 3.05) is 11.1 Å². The minimum atomic E-state index is -0.0231. The Kier molecular flexibility index (Phi) is 32.4. The summed E-state index contributed by atoms with van der Waals surface area (Å²) >= 11 is 13.4. The van der Waals surface area contributed by atoms with Crippen LogP contribution >= 0.6 is 76.1 Å². The van der Waals surface area contributed by atoms with E-state index in [1.807, 2.05) is 128 Å². The molecule has 0 fully saturated rings. The fourth-order valence-electron chi connectivity index (χ4n) is 11.9. The molecule has 4 atom stereocenters. The summed E-state index contributed by atoms with van der Waals surface area (Å²) in [6.07, 6.45) is 26.6. The molecule has 12 aromatic heterocycles. The lowest BCUT2D eigenvalue weighted by molar-refractivity contribution is -0.110. The second-order valence-corrected chi connectivity index (χ2v) is 31.2. The number of carbonyl (C=O) groups is 1. The Bertz CT molecular complexity index is 4720. The molecular weight excluding hydrogens is 1620 g/mol. The molecule has 14 rings (SSSR count). The smallest absolute Gasteiger partial charge is 0.207 e. The van der Waals surface area contributed by atoms with Crippen LogP contribution in [-0.4, -0.2) is 101 Å². The average molecular weight is 1720 g/mol. The van der Waals surface area contributed by atoms with E-state index >= 15 is 0 Å². The maximum absolute atomic E-state index is 10.4. The number of nitrogens with two attached hydrogens (primary N) is 3. The standard InChI is InChI=1S/C22H27N9.C10H13BrN2O.C10H11BrN2.C10H17N3.C10H13N3.C9H13BrN2.C6H3BrN2.ClH/c1-5-31-21(15-9-23-14(4)24-10-15)29-19-20(25-11-26-22(19)31)28-16-6-7-30-12-27-18(13(2)3)17(30)8-16;1-7(2)10(13-6-14)9-5-8(11)3-4-12-9;3*1-7(2)10-9-5-8(11)3-4-13(9)6-12-10;1-6(2)9(11)8-5-7(10)3-4-12-8;7-5-1-2-9-6(3-5)4-8;/h9-13,16H,5-8H2,1-4H3,(H,25,26,28);3-7,10H,1-2H3,(H,13,14);3-7H,1-2H3;6-8H,3-5,11H2,1-2H3;3-7H,11H2,1-2H3;3-6,9H,11H2,1-2H3;1-3H;1H. The first-order chi connectivity index (χ1) is 50.2. The second-order valence-electron chi connectivity index (χ2n) is 27.5. The van der Waals surface area contributed by atoms with Crippen LogP contribution in [0.1, 0.15) is 196 Å². The number of halogens is 5. The molecular formula is C77H98Br4ClN23O. The molecule has 29 heteroatoms. The van der Waals surface area contributed by atoms with Crippen molar-refractivity contribution in [2.45, 2.75) is 190 Å². The summed E-state index contributed by atoms with van der Waals surface area (Å²) in [5.41, 5.74) is 32.7. The van der Waals surface area contributed by atoms with E-state index < -0.39 is 0 Å². The molecule has 8 N–H and O–H groups in total. The molecule has 0 saturated heterocycles. The minimum absolute atomic E-state index is 0. The van der Waals surface area contributed by atoms with Crippen molar-refractivity contribution >= 4 is 116 Å². The average Bonchev–Trinajstić information content (AvgIpc) is 1.62. The van der Waals surface area contributed by atoms with E-state index in [2.05, 4.69) is 225 Å². The third kappa shape index (κ3) is 23.0. The van der Waals surface area contributed by atoms with Gasteiger partial charge in [-0.2, -0.15) is 5.26 Å². The predicted molar refractivity (Wildman–Crippen MR) is 438 cm³/mol. The maximum Gasteiger partial charge on any atom is 0.207 e. The first kappa shape index (κ1) is 84.8. The van der Waals surface area contributed by atoms with Crippen molar-refractivity contribution in [1.82, 2.24) is 87.6 Å². The zero-order valence-corrected chi connectivity index (χ0v) is 69.8. The summed E-state index contributed by atoms with van der Waals surface area (Å²) in [4.78, 5) is 63.1. The van der Waals surface area contributed by atoms with Gasteiger partial charge in [-0.3, -0.25) is 14.8 Å². The van der Waals surface area contributed by atoms with Gasteiger partial charge in [0.25, 0.3) is 0 Å². The molecule has 12 aromatic rings. The van der Waals surface area contributed by atoms with E-state index in [0.717, 1.165) is 131 Å². The van der Waals surface area contributed by atoms with Gasteiger partial charge in [0.15, 0.2) is 17.0 Å². The van der Waals surface area contributed by atoms with Crippen molar-refractivity contribution in [3.8, 4) is 17.5 Å². The number of nitrogens with zero attached hydrogens (tertiary/aromatic N) is 18.